The molecule has 0 heterocycles. The van der Waals surface area contributed by atoms with Gasteiger partial charge in [-0.25, -0.2) is 0 Å². The average molecular weight is 388 g/mol. The standard InChI is InChI=1S/C22H45NO4/c1-13(2)23-19-11-18(12-24-14(3)4)20(25-15(5)6)22(27-17(9)10)21(19)26-16(7)8/h13-23H,11-12H2,1-10H3. The maximum atomic E-state index is 6.42. The molecule has 5 atom stereocenters. The zero-order valence-electron chi connectivity index (χ0n) is 19.3. The predicted octanol–water partition coefficient (Wildman–Crippen LogP) is 4.18. The third-order valence-electron chi connectivity index (χ3n) is 4.54. The van der Waals surface area contributed by atoms with Gasteiger partial charge >= 0.3 is 0 Å². The van der Waals surface area contributed by atoms with Gasteiger partial charge in [-0.05, 0) is 61.8 Å². The summed E-state index contributed by atoms with van der Waals surface area (Å²) >= 11 is 0. The van der Waals surface area contributed by atoms with Crippen LogP contribution in [0.1, 0.15) is 75.7 Å². The molecule has 0 aliphatic heterocycles. The highest BCUT2D eigenvalue weighted by molar-refractivity contribution is 5.00. The molecule has 0 saturated heterocycles. The Kier molecular flexibility index (Phi) is 10.8. The second kappa shape index (κ2) is 11.7. The van der Waals surface area contributed by atoms with Gasteiger partial charge in [0.2, 0.25) is 0 Å². The largest absolute Gasteiger partial charge is 0.378 e. The fourth-order valence-corrected chi connectivity index (χ4v) is 3.81. The second-order valence-corrected chi connectivity index (χ2v) is 9.25. The van der Waals surface area contributed by atoms with E-state index in [1.165, 1.54) is 0 Å². The molecule has 1 fully saturated rings. The Labute approximate surface area is 167 Å². The summed E-state index contributed by atoms with van der Waals surface area (Å²) in [6, 6.07) is 0.589. The lowest BCUT2D eigenvalue weighted by Gasteiger charge is -2.48. The molecule has 5 nitrogen and oxygen atoms in total. The van der Waals surface area contributed by atoms with Crippen LogP contribution in [0.15, 0.2) is 0 Å². The minimum absolute atomic E-state index is 0.0416. The van der Waals surface area contributed by atoms with Crippen molar-refractivity contribution in [3.63, 3.8) is 0 Å². The van der Waals surface area contributed by atoms with Crippen LogP contribution in [-0.2, 0) is 18.9 Å². The van der Waals surface area contributed by atoms with Gasteiger partial charge in [0.25, 0.3) is 0 Å². The lowest BCUT2D eigenvalue weighted by molar-refractivity contribution is -0.219. The first-order chi connectivity index (χ1) is 12.5. The minimum Gasteiger partial charge on any atom is -0.378 e. The highest BCUT2D eigenvalue weighted by Gasteiger charge is 2.48. The second-order valence-electron chi connectivity index (χ2n) is 9.25. The van der Waals surface area contributed by atoms with Crippen molar-refractivity contribution in [1.29, 1.82) is 0 Å². The van der Waals surface area contributed by atoms with Crippen LogP contribution in [-0.4, -0.2) is 61.4 Å². The van der Waals surface area contributed by atoms with Gasteiger partial charge in [0.15, 0.2) is 0 Å². The van der Waals surface area contributed by atoms with E-state index in [1.807, 2.05) is 0 Å². The monoisotopic (exact) mass is 387 g/mol. The lowest BCUT2D eigenvalue weighted by atomic mass is 9.78. The molecule has 5 heteroatoms. The predicted molar refractivity (Wildman–Crippen MR) is 111 cm³/mol. The maximum Gasteiger partial charge on any atom is 0.112 e. The van der Waals surface area contributed by atoms with Crippen molar-refractivity contribution >= 4 is 0 Å². The summed E-state index contributed by atoms with van der Waals surface area (Å²) in [6.07, 6.45) is 1.32. The summed E-state index contributed by atoms with van der Waals surface area (Å²) < 4.78 is 25.2. The van der Waals surface area contributed by atoms with E-state index in [0.717, 1.165) is 6.42 Å². The van der Waals surface area contributed by atoms with Crippen molar-refractivity contribution in [3.8, 4) is 0 Å². The van der Waals surface area contributed by atoms with E-state index < -0.39 is 0 Å². The Bertz CT molecular complexity index is 398. The van der Waals surface area contributed by atoms with Crippen LogP contribution in [0, 0.1) is 5.92 Å². The van der Waals surface area contributed by atoms with Crippen LogP contribution in [0.4, 0.5) is 0 Å². The topological polar surface area (TPSA) is 49.0 Å². The third-order valence-corrected chi connectivity index (χ3v) is 4.54. The van der Waals surface area contributed by atoms with E-state index >= 15 is 0 Å². The Hall–Kier alpha value is -0.200. The molecule has 0 aromatic heterocycles. The van der Waals surface area contributed by atoms with Crippen LogP contribution in [0.2, 0.25) is 0 Å². The van der Waals surface area contributed by atoms with E-state index in [1.54, 1.807) is 0 Å². The highest BCUT2D eigenvalue weighted by atomic mass is 16.6. The molecule has 5 unspecified atom stereocenters. The Morgan fingerprint density at radius 1 is 0.667 bits per heavy atom. The van der Waals surface area contributed by atoms with E-state index in [4.69, 9.17) is 18.9 Å². The van der Waals surface area contributed by atoms with Crippen molar-refractivity contribution in [2.45, 2.75) is 130 Å². The zero-order chi connectivity index (χ0) is 20.7. The number of hydrogen-bond acceptors (Lipinski definition) is 5. The van der Waals surface area contributed by atoms with Gasteiger partial charge in [0.05, 0.1) is 37.1 Å². The van der Waals surface area contributed by atoms with Gasteiger partial charge in [-0.1, -0.05) is 13.8 Å². The van der Waals surface area contributed by atoms with Crippen molar-refractivity contribution < 1.29 is 18.9 Å². The highest BCUT2D eigenvalue weighted by Crippen LogP contribution is 2.34. The van der Waals surface area contributed by atoms with Gasteiger partial charge < -0.3 is 24.3 Å². The quantitative estimate of drug-likeness (QED) is 0.576. The van der Waals surface area contributed by atoms with Crippen LogP contribution in [0.25, 0.3) is 0 Å². The van der Waals surface area contributed by atoms with E-state index in [0.29, 0.717) is 12.6 Å². The summed E-state index contributed by atoms with van der Waals surface area (Å²) in [5, 5.41) is 3.72. The maximum absolute atomic E-state index is 6.42. The molecule has 0 aromatic rings. The molecule has 0 amide bonds. The normalized spacial score (nSPS) is 29.7. The summed E-state index contributed by atoms with van der Waals surface area (Å²) in [5.74, 6) is 0.266. The van der Waals surface area contributed by atoms with Crippen LogP contribution >= 0.6 is 0 Å². The van der Waals surface area contributed by atoms with Gasteiger partial charge in [-0.15, -0.1) is 0 Å². The SMILES string of the molecule is CC(C)NC1CC(COC(C)C)C(OC(C)C)C(OC(C)C)C1OC(C)C. The van der Waals surface area contributed by atoms with Crippen LogP contribution in [0.5, 0.6) is 0 Å². The summed E-state index contributed by atoms with van der Waals surface area (Å²) in [6.45, 7) is 21.7. The molecule has 0 radical (unpaired) electrons. The minimum atomic E-state index is -0.124. The molecular weight excluding hydrogens is 342 g/mol. The van der Waals surface area contributed by atoms with Crippen molar-refractivity contribution in [1.82, 2.24) is 5.32 Å². The first kappa shape index (κ1) is 24.8. The number of rotatable bonds is 11. The fraction of sp³-hybridized carbons (Fsp3) is 1.00. The molecule has 0 spiro atoms. The Morgan fingerprint density at radius 3 is 1.59 bits per heavy atom. The molecule has 0 bridgehead atoms. The smallest absolute Gasteiger partial charge is 0.112 e. The molecule has 1 N–H and O–H groups in total. The van der Waals surface area contributed by atoms with Gasteiger partial charge in [0.1, 0.15) is 12.2 Å². The molecule has 1 saturated carbocycles. The number of hydrogen-bond donors (Lipinski definition) is 1. The Morgan fingerprint density at radius 2 is 1.15 bits per heavy atom. The van der Waals surface area contributed by atoms with E-state index in [9.17, 15) is 0 Å². The molecular formula is C22H45NO4. The zero-order valence-corrected chi connectivity index (χ0v) is 19.3. The number of nitrogens with one attached hydrogen (secondary N) is 1. The molecule has 162 valence electrons. The van der Waals surface area contributed by atoms with E-state index in [-0.39, 0.29) is 54.7 Å². The molecule has 0 aromatic carbocycles. The summed E-state index contributed by atoms with van der Waals surface area (Å²) in [5.41, 5.74) is 0. The average Bonchev–Trinajstić information content (AvgIpc) is 2.49. The first-order valence-corrected chi connectivity index (χ1v) is 10.8. The van der Waals surface area contributed by atoms with Crippen molar-refractivity contribution in [2.75, 3.05) is 6.61 Å². The number of ether oxygens (including phenoxy) is 4. The molecule has 1 aliphatic carbocycles. The lowest BCUT2D eigenvalue weighted by Crippen LogP contribution is -2.63. The molecule has 1 rings (SSSR count). The van der Waals surface area contributed by atoms with Crippen LogP contribution in [0.3, 0.4) is 0 Å². The summed E-state index contributed by atoms with van der Waals surface area (Å²) in [7, 11) is 0. The first-order valence-electron chi connectivity index (χ1n) is 10.8. The third kappa shape index (κ3) is 8.78. The summed E-state index contributed by atoms with van der Waals surface area (Å²) in [4.78, 5) is 0. The molecule has 1 aliphatic rings. The van der Waals surface area contributed by atoms with Crippen molar-refractivity contribution in [2.24, 2.45) is 5.92 Å². The van der Waals surface area contributed by atoms with Gasteiger partial charge in [0, 0.05) is 18.0 Å². The fourth-order valence-electron chi connectivity index (χ4n) is 3.81. The van der Waals surface area contributed by atoms with E-state index in [2.05, 4.69) is 74.6 Å². The Balaban J connectivity index is 3.19. The molecule has 27 heavy (non-hydrogen) atoms. The van der Waals surface area contributed by atoms with Crippen LogP contribution < -0.4 is 5.32 Å². The van der Waals surface area contributed by atoms with Crippen molar-refractivity contribution in [3.05, 3.63) is 0 Å². The van der Waals surface area contributed by atoms with Gasteiger partial charge in [-0.2, -0.15) is 0 Å². The van der Waals surface area contributed by atoms with Gasteiger partial charge in [-0.3, -0.25) is 0 Å².